The first-order valence-electron chi connectivity index (χ1n) is 7.45. The van der Waals surface area contributed by atoms with E-state index in [-0.39, 0.29) is 5.91 Å². The molecule has 1 aromatic heterocycles. The smallest absolute Gasteiger partial charge is 0.229 e. The van der Waals surface area contributed by atoms with Crippen LogP contribution in [-0.4, -0.2) is 22.7 Å². The van der Waals surface area contributed by atoms with Gasteiger partial charge >= 0.3 is 0 Å². The molecule has 0 atom stereocenters. The van der Waals surface area contributed by atoms with Gasteiger partial charge in [-0.05, 0) is 49.9 Å². The molecule has 6 heteroatoms. The maximum atomic E-state index is 11.9. The molecule has 116 valence electrons. The van der Waals surface area contributed by atoms with Crippen LogP contribution in [0, 0.1) is 13.8 Å². The first-order chi connectivity index (χ1) is 10.6. The number of anilines is 1. The number of ether oxygens (including phenoxy) is 1. The average molecular weight is 317 g/mol. The largest absolute Gasteiger partial charge is 0.493 e. The average Bonchev–Trinajstić information content (AvgIpc) is 3.23. The Morgan fingerprint density at radius 1 is 1.32 bits per heavy atom. The van der Waals surface area contributed by atoms with Crippen LogP contribution in [0.1, 0.15) is 41.3 Å². The first-order valence-corrected chi connectivity index (χ1v) is 8.27. The van der Waals surface area contributed by atoms with E-state index in [2.05, 4.69) is 22.4 Å². The van der Waals surface area contributed by atoms with Gasteiger partial charge in [-0.25, -0.2) is 0 Å². The number of aromatic nitrogens is 2. The minimum Gasteiger partial charge on any atom is -0.493 e. The monoisotopic (exact) mass is 317 g/mol. The standard InChI is InChI=1S/C16H19N3O2S/c1-10-3-6-13(9-11(10)2)21-8-7-14(20)17-16-19-18-15(22-16)12-4-5-12/h3,6,9,12H,4-5,7-8H2,1-2H3,(H,17,19,20). The number of rotatable bonds is 6. The molecule has 1 amide bonds. The lowest BCUT2D eigenvalue weighted by Gasteiger charge is -2.08. The Morgan fingerprint density at radius 3 is 2.86 bits per heavy atom. The summed E-state index contributed by atoms with van der Waals surface area (Å²) >= 11 is 1.47. The molecule has 22 heavy (non-hydrogen) atoms. The third kappa shape index (κ3) is 3.82. The summed E-state index contributed by atoms with van der Waals surface area (Å²) in [5, 5.41) is 12.5. The summed E-state index contributed by atoms with van der Waals surface area (Å²) in [5.41, 5.74) is 2.41. The van der Waals surface area contributed by atoms with Crippen LogP contribution in [0.5, 0.6) is 5.75 Å². The van der Waals surface area contributed by atoms with Gasteiger partial charge in [0.1, 0.15) is 10.8 Å². The van der Waals surface area contributed by atoms with Gasteiger partial charge in [-0.2, -0.15) is 0 Å². The molecule has 1 aliphatic carbocycles. The Labute approximate surface area is 133 Å². The summed E-state index contributed by atoms with van der Waals surface area (Å²) in [6, 6.07) is 5.93. The molecule has 5 nitrogen and oxygen atoms in total. The highest BCUT2D eigenvalue weighted by Crippen LogP contribution is 2.42. The van der Waals surface area contributed by atoms with Gasteiger partial charge in [-0.3, -0.25) is 4.79 Å². The second-order valence-corrected chi connectivity index (χ2v) is 6.62. The minimum absolute atomic E-state index is 0.0951. The highest BCUT2D eigenvalue weighted by Gasteiger charge is 2.27. The topological polar surface area (TPSA) is 64.1 Å². The number of aryl methyl sites for hydroxylation is 2. The fraction of sp³-hybridized carbons (Fsp3) is 0.438. The first kappa shape index (κ1) is 15.0. The molecule has 1 aliphatic rings. The number of nitrogens with one attached hydrogen (secondary N) is 1. The summed E-state index contributed by atoms with van der Waals surface area (Å²) in [4.78, 5) is 11.9. The van der Waals surface area contributed by atoms with Gasteiger partial charge in [0.15, 0.2) is 0 Å². The molecule has 1 saturated carbocycles. The number of amides is 1. The summed E-state index contributed by atoms with van der Waals surface area (Å²) in [7, 11) is 0. The third-order valence-corrected chi connectivity index (χ3v) is 4.69. The quantitative estimate of drug-likeness (QED) is 0.886. The molecule has 1 aromatic carbocycles. The van der Waals surface area contributed by atoms with E-state index in [1.807, 2.05) is 25.1 Å². The number of carbonyl (C=O) groups is 1. The fourth-order valence-corrected chi connectivity index (χ4v) is 2.96. The van der Waals surface area contributed by atoms with Gasteiger partial charge in [0.2, 0.25) is 11.0 Å². The molecule has 0 bridgehead atoms. The minimum atomic E-state index is -0.0951. The van der Waals surface area contributed by atoms with Gasteiger partial charge in [0.25, 0.3) is 0 Å². The SMILES string of the molecule is Cc1ccc(OCCC(=O)Nc2nnc(C3CC3)s2)cc1C. The van der Waals surface area contributed by atoms with Crippen molar-refractivity contribution in [2.75, 3.05) is 11.9 Å². The Hall–Kier alpha value is -1.95. The molecule has 0 unspecified atom stereocenters. The highest BCUT2D eigenvalue weighted by atomic mass is 32.1. The maximum Gasteiger partial charge on any atom is 0.229 e. The number of benzene rings is 1. The Balaban J connectivity index is 1.44. The normalized spacial score (nSPS) is 13.9. The number of hydrogen-bond donors (Lipinski definition) is 1. The summed E-state index contributed by atoms with van der Waals surface area (Å²) in [6.07, 6.45) is 2.67. The van der Waals surface area contributed by atoms with E-state index in [4.69, 9.17) is 4.74 Å². The second kappa shape index (κ2) is 6.44. The van der Waals surface area contributed by atoms with Crippen LogP contribution in [0.2, 0.25) is 0 Å². The zero-order chi connectivity index (χ0) is 15.5. The van der Waals surface area contributed by atoms with Crippen LogP contribution in [-0.2, 0) is 4.79 Å². The van der Waals surface area contributed by atoms with Gasteiger partial charge in [-0.1, -0.05) is 17.4 Å². The van der Waals surface area contributed by atoms with Crippen molar-refractivity contribution in [2.45, 2.75) is 39.0 Å². The Morgan fingerprint density at radius 2 is 2.14 bits per heavy atom. The molecule has 1 N–H and O–H groups in total. The maximum absolute atomic E-state index is 11.9. The zero-order valence-corrected chi connectivity index (χ0v) is 13.6. The van der Waals surface area contributed by atoms with Crippen LogP contribution in [0.25, 0.3) is 0 Å². The van der Waals surface area contributed by atoms with Crippen molar-refractivity contribution in [1.82, 2.24) is 10.2 Å². The molecule has 1 heterocycles. The van der Waals surface area contributed by atoms with E-state index in [9.17, 15) is 4.79 Å². The van der Waals surface area contributed by atoms with Gasteiger partial charge in [0, 0.05) is 5.92 Å². The van der Waals surface area contributed by atoms with Crippen LogP contribution in [0.15, 0.2) is 18.2 Å². The van der Waals surface area contributed by atoms with Crippen molar-refractivity contribution in [1.29, 1.82) is 0 Å². The summed E-state index contributed by atoms with van der Waals surface area (Å²) in [6.45, 7) is 4.45. The molecule has 0 spiro atoms. The second-order valence-electron chi connectivity index (χ2n) is 5.61. The number of hydrogen-bond acceptors (Lipinski definition) is 5. The molecular formula is C16H19N3O2S. The lowest BCUT2D eigenvalue weighted by Crippen LogP contribution is -2.15. The fourth-order valence-electron chi connectivity index (χ4n) is 2.03. The highest BCUT2D eigenvalue weighted by molar-refractivity contribution is 7.15. The van der Waals surface area contributed by atoms with Crippen LogP contribution >= 0.6 is 11.3 Å². The predicted molar refractivity (Wildman–Crippen MR) is 86.5 cm³/mol. The molecule has 0 saturated heterocycles. The van der Waals surface area contributed by atoms with Crippen LogP contribution < -0.4 is 10.1 Å². The molecular weight excluding hydrogens is 298 g/mol. The van der Waals surface area contributed by atoms with E-state index < -0.39 is 0 Å². The van der Waals surface area contributed by atoms with Gasteiger partial charge in [0.05, 0.1) is 13.0 Å². The molecule has 2 aromatic rings. The Bertz CT molecular complexity index is 680. The third-order valence-electron chi connectivity index (χ3n) is 3.69. The summed E-state index contributed by atoms with van der Waals surface area (Å²) in [5.74, 6) is 1.27. The molecule has 0 aliphatic heterocycles. The van der Waals surface area contributed by atoms with Crippen molar-refractivity contribution in [3.63, 3.8) is 0 Å². The van der Waals surface area contributed by atoms with Crippen LogP contribution in [0.3, 0.4) is 0 Å². The molecule has 0 radical (unpaired) electrons. The number of carbonyl (C=O) groups excluding carboxylic acids is 1. The molecule has 3 rings (SSSR count). The van der Waals surface area contributed by atoms with E-state index in [0.29, 0.717) is 24.1 Å². The van der Waals surface area contributed by atoms with Gasteiger partial charge < -0.3 is 10.1 Å². The summed E-state index contributed by atoms with van der Waals surface area (Å²) < 4.78 is 5.61. The van der Waals surface area contributed by atoms with Crippen molar-refractivity contribution in [3.8, 4) is 5.75 Å². The van der Waals surface area contributed by atoms with Crippen LogP contribution in [0.4, 0.5) is 5.13 Å². The lowest BCUT2D eigenvalue weighted by molar-refractivity contribution is -0.116. The van der Waals surface area contributed by atoms with Crippen molar-refractivity contribution in [3.05, 3.63) is 34.3 Å². The van der Waals surface area contributed by atoms with E-state index in [1.54, 1.807) is 0 Å². The predicted octanol–water partition coefficient (Wildman–Crippen LogP) is 3.44. The van der Waals surface area contributed by atoms with E-state index in [0.717, 1.165) is 10.8 Å². The zero-order valence-electron chi connectivity index (χ0n) is 12.8. The van der Waals surface area contributed by atoms with Gasteiger partial charge in [-0.15, -0.1) is 10.2 Å². The lowest BCUT2D eigenvalue weighted by atomic mass is 10.1. The molecule has 1 fully saturated rings. The van der Waals surface area contributed by atoms with E-state index in [1.165, 1.54) is 35.3 Å². The Kier molecular flexibility index (Phi) is 4.38. The van der Waals surface area contributed by atoms with Crippen molar-refractivity contribution < 1.29 is 9.53 Å². The van der Waals surface area contributed by atoms with Crippen molar-refractivity contribution in [2.24, 2.45) is 0 Å². The number of nitrogens with zero attached hydrogens (tertiary/aromatic N) is 2. The van der Waals surface area contributed by atoms with E-state index >= 15 is 0 Å². The van der Waals surface area contributed by atoms with Crippen molar-refractivity contribution >= 4 is 22.4 Å².